The number of morpholine rings is 1. The van der Waals surface area contributed by atoms with Crippen molar-refractivity contribution in [3.05, 3.63) is 29.8 Å². The van der Waals surface area contributed by atoms with Gasteiger partial charge in [0, 0.05) is 13.1 Å². The number of rotatable bonds is 2. The third-order valence-corrected chi connectivity index (χ3v) is 2.88. The molecule has 1 fully saturated rings. The number of likely N-dealkylation sites (N-methyl/N-ethyl adjacent to an activating group) is 1. The van der Waals surface area contributed by atoms with Gasteiger partial charge in [0.05, 0.1) is 12.7 Å². The van der Waals surface area contributed by atoms with Crippen LogP contribution < -0.4 is 5.46 Å². The van der Waals surface area contributed by atoms with Crippen LogP contribution in [0.15, 0.2) is 24.3 Å². The molecule has 1 unspecified atom stereocenters. The molecule has 0 spiro atoms. The Morgan fingerprint density at radius 1 is 1.31 bits per heavy atom. The Morgan fingerprint density at radius 3 is 2.56 bits per heavy atom. The van der Waals surface area contributed by atoms with Crippen molar-refractivity contribution in [1.29, 1.82) is 0 Å². The summed E-state index contributed by atoms with van der Waals surface area (Å²) in [4.78, 5) is 2.23. The van der Waals surface area contributed by atoms with E-state index >= 15 is 0 Å². The van der Waals surface area contributed by atoms with Crippen LogP contribution in [-0.4, -0.2) is 48.8 Å². The van der Waals surface area contributed by atoms with Gasteiger partial charge in [-0.2, -0.15) is 0 Å². The molecular formula is C11H16BNO3. The Balaban J connectivity index is 2.09. The highest BCUT2D eigenvalue weighted by atomic mass is 16.5. The van der Waals surface area contributed by atoms with E-state index in [9.17, 15) is 0 Å². The number of hydrogen-bond donors (Lipinski definition) is 2. The molecular weight excluding hydrogens is 205 g/mol. The summed E-state index contributed by atoms with van der Waals surface area (Å²) in [5.41, 5.74) is 1.59. The van der Waals surface area contributed by atoms with Crippen molar-refractivity contribution in [3.8, 4) is 0 Å². The third kappa shape index (κ3) is 2.62. The summed E-state index contributed by atoms with van der Waals surface area (Å²) in [5, 5.41) is 18.0. The zero-order valence-corrected chi connectivity index (χ0v) is 9.34. The average molecular weight is 221 g/mol. The molecule has 1 aliphatic heterocycles. The van der Waals surface area contributed by atoms with Gasteiger partial charge in [-0.05, 0) is 18.1 Å². The lowest BCUT2D eigenvalue weighted by Gasteiger charge is -2.30. The summed E-state index contributed by atoms with van der Waals surface area (Å²) in [5.74, 6) is 0. The van der Waals surface area contributed by atoms with Gasteiger partial charge >= 0.3 is 7.12 Å². The van der Waals surface area contributed by atoms with E-state index in [1.807, 2.05) is 12.1 Å². The third-order valence-electron chi connectivity index (χ3n) is 2.88. The van der Waals surface area contributed by atoms with Gasteiger partial charge in [-0.3, -0.25) is 0 Å². The quantitative estimate of drug-likeness (QED) is 0.653. The largest absolute Gasteiger partial charge is 0.488 e. The van der Waals surface area contributed by atoms with Gasteiger partial charge in [0.25, 0.3) is 0 Å². The summed E-state index contributed by atoms with van der Waals surface area (Å²) >= 11 is 0. The zero-order chi connectivity index (χ0) is 11.5. The predicted octanol–water partition coefficient (Wildman–Crippen LogP) is -0.631. The minimum atomic E-state index is -1.40. The van der Waals surface area contributed by atoms with Gasteiger partial charge in [0.15, 0.2) is 0 Å². The highest BCUT2D eigenvalue weighted by Crippen LogP contribution is 2.20. The van der Waals surface area contributed by atoms with E-state index in [0.717, 1.165) is 25.3 Å². The molecule has 0 radical (unpaired) electrons. The van der Waals surface area contributed by atoms with E-state index in [4.69, 9.17) is 14.8 Å². The van der Waals surface area contributed by atoms with Gasteiger partial charge in [0.2, 0.25) is 0 Å². The smallest absolute Gasteiger partial charge is 0.423 e. The molecule has 0 aliphatic carbocycles. The van der Waals surface area contributed by atoms with E-state index in [1.165, 1.54) is 0 Å². The van der Waals surface area contributed by atoms with Crippen LogP contribution >= 0.6 is 0 Å². The van der Waals surface area contributed by atoms with Gasteiger partial charge < -0.3 is 19.7 Å². The van der Waals surface area contributed by atoms with Crippen LogP contribution in [0.2, 0.25) is 0 Å². The van der Waals surface area contributed by atoms with Crippen molar-refractivity contribution >= 4 is 12.6 Å². The lowest BCUT2D eigenvalue weighted by Crippen LogP contribution is -2.35. The van der Waals surface area contributed by atoms with Crippen LogP contribution in [0.3, 0.4) is 0 Å². The number of hydrogen-bond acceptors (Lipinski definition) is 4. The fraction of sp³-hybridized carbons (Fsp3) is 0.455. The predicted molar refractivity (Wildman–Crippen MR) is 62.5 cm³/mol. The van der Waals surface area contributed by atoms with Crippen LogP contribution in [0, 0.1) is 0 Å². The SMILES string of the molecule is CN1CCOC(c2ccc(B(O)O)cc2)C1. The summed E-state index contributed by atoms with van der Waals surface area (Å²) in [7, 11) is 0.672. The maximum absolute atomic E-state index is 8.98. The Kier molecular flexibility index (Phi) is 3.61. The van der Waals surface area contributed by atoms with E-state index < -0.39 is 7.12 Å². The van der Waals surface area contributed by atoms with Crippen molar-refractivity contribution in [2.75, 3.05) is 26.7 Å². The first-order valence-corrected chi connectivity index (χ1v) is 5.43. The molecule has 0 bridgehead atoms. The first-order chi connectivity index (χ1) is 7.66. The fourth-order valence-electron chi connectivity index (χ4n) is 1.86. The second kappa shape index (κ2) is 4.97. The van der Waals surface area contributed by atoms with Crippen molar-refractivity contribution in [2.45, 2.75) is 6.10 Å². The summed E-state index contributed by atoms with van der Waals surface area (Å²) in [6.45, 7) is 2.58. The molecule has 4 nitrogen and oxygen atoms in total. The molecule has 2 rings (SSSR count). The number of ether oxygens (including phenoxy) is 1. The molecule has 2 N–H and O–H groups in total. The van der Waals surface area contributed by atoms with Crippen molar-refractivity contribution in [2.24, 2.45) is 0 Å². The molecule has 0 amide bonds. The van der Waals surface area contributed by atoms with Crippen molar-refractivity contribution in [1.82, 2.24) is 4.90 Å². The molecule has 1 aromatic rings. The van der Waals surface area contributed by atoms with E-state index in [1.54, 1.807) is 12.1 Å². The summed E-state index contributed by atoms with van der Waals surface area (Å²) in [6, 6.07) is 7.22. The average Bonchev–Trinajstić information content (AvgIpc) is 2.29. The topological polar surface area (TPSA) is 52.9 Å². The van der Waals surface area contributed by atoms with Crippen LogP contribution in [0.4, 0.5) is 0 Å². The maximum Gasteiger partial charge on any atom is 0.488 e. The van der Waals surface area contributed by atoms with E-state index in [0.29, 0.717) is 5.46 Å². The molecule has 16 heavy (non-hydrogen) atoms. The van der Waals surface area contributed by atoms with Crippen LogP contribution in [-0.2, 0) is 4.74 Å². The van der Waals surface area contributed by atoms with Gasteiger partial charge in [-0.1, -0.05) is 24.3 Å². The lowest BCUT2D eigenvalue weighted by atomic mass is 9.80. The van der Waals surface area contributed by atoms with Crippen LogP contribution in [0.5, 0.6) is 0 Å². The molecule has 1 atom stereocenters. The Bertz CT molecular complexity index is 342. The first-order valence-electron chi connectivity index (χ1n) is 5.43. The second-order valence-electron chi connectivity index (χ2n) is 4.16. The van der Waals surface area contributed by atoms with Gasteiger partial charge in [-0.25, -0.2) is 0 Å². The van der Waals surface area contributed by atoms with E-state index in [2.05, 4.69) is 11.9 Å². The zero-order valence-electron chi connectivity index (χ0n) is 9.34. The minimum absolute atomic E-state index is 0.0867. The Morgan fingerprint density at radius 2 is 2.00 bits per heavy atom. The number of benzene rings is 1. The highest BCUT2D eigenvalue weighted by Gasteiger charge is 2.20. The number of nitrogens with zero attached hydrogens (tertiary/aromatic N) is 1. The normalized spacial score (nSPS) is 22.1. The fourth-order valence-corrected chi connectivity index (χ4v) is 1.86. The Labute approximate surface area is 95.6 Å². The van der Waals surface area contributed by atoms with E-state index in [-0.39, 0.29) is 6.10 Å². The highest BCUT2D eigenvalue weighted by molar-refractivity contribution is 6.58. The van der Waals surface area contributed by atoms with Crippen molar-refractivity contribution in [3.63, 3.8) is 0 Å². The van der Waals surface area contributed by atoms with Crippen molar-refractivity contribution < 1.29 is 14.8 Å². The molecule has 0 saturated carbocycles. The molecule has 1 heterocycles. The molecule has 5 heteroatoms. The summed E-state index contributed by atoms with van der Waals surface area (Å²) < 4.78 is 5.67. The monoisotopic (exact) mass is 221 g/mol. The maximum atomic E-state index is 8.98. The van der Waals surface area contributed by atoms with Crippen LogP contribution in [0.1, 0.15) is 11.7 Å². The first kappa shape index (κ1) is 11.6. The van der Waals surface area contributed by atoms with Crippen LogP contribution in [0.25, 0.3) is 0 Å². The van der Waals surface area contributed by atoms with Gasteiger partial charge in [0.1, 0.15) is 0 Å². The standard InChI is InChI=1S/C11H16BNO3/c1-13-6-7-16-11(8-13)9-2-4-10(5-3-9)12(14)15/h2-5,11,14-15H,6-8H2,1H3. The Hall–Kier alpha value is -0.875. The van der Waals surface area contributed by atoms with Gasteiger partial charge in [-0.15, -0.1) is 0 Å². The summed E-state index contributed by atoms with van der Waals surface area (Å²) in [6.07, 6.45) is 0.0867. The molecule has 1 aliphatic rings. The second-order valence-corrected chi connectivity index (χ2v) is 4.16. The molecule has 1 saturated heterocycles. The molecule has 0 aromatic heterocycles. The molecule has 1 aromatic carbocycles. The lowest BCUT2D eigenvalue weighted by molar-refractivity contribution is -0.0208. The molecule has 86 valence electrons. The minimum Gasteiger partial charge on any atom is -0.423 e.